The van der Waals surface area contributed by atoms with Gasteiger partial charge in [0, 0.05) is 56.4 Å². The Hall–Kier alpha value is -3.69. The van der Waals surface area contributed by atoms with Gasteiger partial charge in [-0.2, -0.15) is 5.10 Å². The van der Waals surface area contributed by atoms with Gasteiger partial charge >= 0.3 is 0 Å². The fourth-order valence-corrected chi connectivity index (χ4v) is 4.16. The van der Waals surface area contributed by atoms with Crippen LogP contribution in [0.25, 0.3) is 22.0 Å². The number of methoxy groups -OCH3 is 1. The van der Waals surface area contributed by atoms with Crippen LogP contribution in [0.4, 0.5) is 5.82 Å². The number of aromatic amines is 1. The molecule has 0 spiro atoms. The average molecular weight is 475 g/mol. The zero-order valence-corrected chi connectivity index (χ0v) is 20.1. The van der Waals surface area contributed by atoms with Crippen LogP contribution in [0, 0.1) is 0 Å². The Kier molecular flexibility index (Phi) is 7.06. The number of fused-ring (bicyclic) bond motifs is 1. The Morgan fingerprint density at radius 2 is 1.91 bits per heavy atom. The minimum absolute atomic E-state index is 0.261. The van der Waals surface area contributed by atoms with Gasteiger partial charge in [0.25, 0.3) is 0 Å². The first kappa shape index (κ1) is 23.1. The molecule has 0 bridgehead atoms. The molecule has 0 amide bonds. The van der Waals surface area contributed by atoms with Crippen LogP contribution in [0.1, 0.15) is 5.82 Å². The highest BCUT2D eigenvalue weighted by Gasteiger charge is 2.16. The molecule has 0 aliphatic carbocycles. The van der Waals surface area contributed by atoms with Crippen molar-refractivity contribution in [1.29, 1.82) is 0 Å². The topological polar surface area (TPSA) is 88.6 Å². The molecule has 0 radical (unpaired) electrons. The van der Waals surface area contributed by atoms with E-state index < -0.39 is 0 Å². The molecule has 1 N–H and O–H groups in total. The molecule has 0 atom stereocenters. The lowest BCUT2D eigenvalue weighted by Gasteiger charge is -2.29. The van der Waals surface area contributed by atoms with Crippen molar-refractivity contribution in [3.05, 3.63) is 60.7 Å². The molecule has 1 fully saturated rings. The molecule has 1 saturated heterocycles. The van der Waals surface area contributed by atoms with Crippen molar-refractivity contribution in [3.8, 4) is 22.6 Å². The second-order valence-corrected chi connectivity index (χ2v) is 8.53. The fraction of sp³-hybridized carbons (Fsp3) is 0.346. The van der Waals surface area contributed by atoms with Gasteiger partial charge in [-0.05, 0) is 29.8 Å². The zero-order chi connectivity index (χ0) is 24.0. The highest BCUT2D eigenvalue weighted by molar-refractivity contribution is 5.93. The molecule has 1 aliphatic heterocycles. The van der Waals surface area contributed by atoms with Gasteiger partial charge in [0.1, 0.15) is 23.9 Å². The lowest BCUT2D eigenvalue weighted by molar-refractivity contribution is 0.0393. The number of anilines is 1. The smallest absolute Gasteiger partial charge is 0.168 e. The first-order chi connectivity index (χ1) is 17.2. The third-order valence-corrected chi connectivity index (χ3v) is 6.18. The van der Waals surface area contributed by atoms with E-state index in [1.54, 1.807) is 7.11 Å². The largest absolute Gasteiger partial charge is 0.497 e. The van der Waals surface area contributed by atoms with Gasteiger partial charge in [-0.1, -0.05) is 12.1 Å². The summed E-state index contributed by atoms with van der Waals surface area (Å²) in [5, 5.41) is 7.97. The first-order valence-corrected chi connectivity index (χ1v) is 11.8. The van der Waals surface area contributed by atoms with Crippen molar-refractivity contribution in [2.75, 3.05) is 58.5 Å². The molecule has 9 nitrogen and oxygen atoms in total. The van der Waals surface area contributed by atoms with Gasteiger partial charge in [0.2, 0.25) is 0 Å². The third-order valence-electron chi connectivity index (χ3n) is 6.18. The number of likely N-dealkylation sites (N-methyl/N-ethyl adjacent to an activating group) is 1. The molecule has 182 valence electrons. The standard InChI is InChI=1S/C26H30N6O3/c1-31(8-9-32-10-12-34-13-11-32)26-23-14-19(20-16-27-28-17-20)6-7-24(23)29-25(30-26)18-35-22-5-3-4-21(15-22)33-2/h3-7,14-17H,8-13,18H2,1-2H3,(H,27,28). The van der Waals surface area contributed by atoms with E-state index in [0.717, 1.165) is 73.0 Å². The summed E-state index contributed by atoms with van der Waals surface area (Å²) in [5.41, 5.74) is 2.97. The molecule has 2 aromatic carbocycles. The molecule has 2 aromatic heterocycles. The number of hydrogen-bond donors (Lipinski definition) is 1. The molecular weight excluding hydrogens is 444 g/mol. The summed E-state index contributed by atoms with van der Waals surface area (Å²) in [5.74, 6) is 2.98. The second kappa shape index (κ2) is 10.7. The van der Waals surface area contributed by atoms with Gasteiger partial charge in [0.05, 0.1) is 32.0 Å². The number of H-pyrrole nitrogens is 1. The summed E-state index contributed by atoms with van der Waals surface area (Å²) in [7, 11) is 3.72. The third kappa shape index (κ3) is 5.52. The highest BCUT2D eigenvalue weighted by atomic mass is 16.5. The van der Waals surface area contributed by atoms with Gasteiger partial charge in [0.15, 0.2) is 5.82 Å². The van der Waals surface area contributed by atoms with E-state index in [1.165, 1.54) is 0 Å². The predicted octanol–water partition coefficient (Wildman–Crippen LogP) is 3.38. The number of nitrogens with zero attached hydrogens (tertiary/aromatic N) is 5. The van der Waals surface area contributed by atoms with E-state index in [9.17, 15) is 0 Å². The summed E-state index contributed by atoms with van der Waals surface area (Å²) in [6.45, 7) is 5.56. The van der Waals surface area contributed by atoms with Crippen LogP contribution >= 0.6 is 0 Å². The van der Waals surface area contributed by atoms with Crippen molar-refractivity contribution < 1.29 is 14.2 Å². The van der Waals surface area contributed by atoms with Crippen molar-refractivity contribution in [2.45, 2.75) is 6.61 Å². The van der Waals surface area contributed by atoms with E-state index in [0.29, 0.717) is 11.6 Å². The summed E-state index contributed by atoms with van der Waals surface area (Å²) in [6.07, 6.45) is 3.71. The Bertz CT molecular complexity index is 1260. The van der Waals surface area contributed by atoms with Gasteiger partial charge in [-0.3, -0.25) is 10.00 Å². The quantitative estimate of drug-likeness (QED) is 0.395. The number of hydrogen-bond acceptors (Lipinski definition) is 8. The molecule has 0 saturated carbocycles. The number of aromatic nitrogens is 4. The number of benzene rings is 2. The van der Waals surface area contributed by atoms with Crippen LogP contribution in [0.3, 0.4) is 0 Å². The molecule has 0 unspecified atom stereocenters. The van der Waals surface area contributed by atoms with Crippen molar-refractivity contribution in [2.24, 2.45) is 0 Å². The van der Waals surface area contributed by atoms with E-state index >= 15 is 0 Å². The van der Waals surface area contributed by atoms with E-state index in [2.05, 4.69) is 39.2 Å². The zero-order valence-electron chi connectivity index (χ0n) is 20.1. The minimum atomic E-state index is 0.261. The maximum absolute atomic E-state index is 6.00. The van der Waals surface area contributed by atoms with Crippen LogP contribution in [-0.4, -0.2) is 78.6 Å². The molecular formula is C26H30N6O3. The highest BCUT2D eigenvalue weighted by Crippen LogP contribution is 2.29. The maximum Gasteiger partial charge on any atom is 0.168 e. The SMILES string of the molecule is COc1cccc(OCc2nc(N(C)CCN3CCOCC3)c3cc(-c4cn[nH]c4)ccc3n2)c1. The van der Waals surface area contributed by atoms with Crippen LogP contribution < -0.4 is 14.4 Å². The maximum atomic E-state index is 6.00. The van der Waals surface area contributed by atoms with Crippen molar-refractivity contribution >= 4 is 16.7 Å². The summed E-state index contributed by atoms with van der Waals surface area (Å²) >= 11 is 0. The normalized spacial score (nSPS) is 14.2. The average Bonchev–Trinajstić information content (AvgIpc) is 3.46. The molecule has 1 aliphatic rings. The first-order valence-electron chi connectivity index (χ1n) is 11.8. The summed E-state index contributed by atoms with van der Waals surface area (Å²) < 4.78 is 16.8. The number of rotatable bonds is 9. The molecule has 4 aromatic rings. The van der Waals surface area contributed by atoms with Crippen molar-refractivity contribution in [3.63, 3.8) is 0 Å². The lowest BCUT2D eigenvalue weighted by atomic mass is 10.1. The van der Waals surface area contributed by atoms with Crippen LogP contribution in [-0.2, 0) is 11.3 Å². The number of morpholine rings is 1. The monoisotopic (exact) mass is 474 g/mol. The Morgan fingerprint density at radius 1 is 1.06 bits per heavy atom. The van der Waals surface area contributed by atoms with E-state index in [-0.39, 0.29) is 6.61 Å². The van der Waals surface area contributed by atoms with Crippen LogP contribution in [0.5, 0.6) is 11.5 Å². The van der Waals surface area contributed by atoms with Gasteiger partial charge < -0.3 is 19.1 Å². The summed E-state index contributed by atoms with van der Waals surface area (Å²) in [4.78, 5) is 14.4. The Balaban J connectivity index is 1.43. The lowest BCUT2D eigenvalue weighted by Crippen LogP contribution is -2.40. The minimum Gasteiger partial charge on any atom is -0.497 e. The fourth-order valence-electron chi connectivity index (χ4n) is 4.16. The van der Waals surface area contributed by atoms with Crippen molar-refractivity contribution in [1.82, 2.24) is 25.1 Å². The molecule has 3 heterocycles. The molecule has 9 heteroatoms. The molecule has 35 heavy (non-hydrogen) atoms. The van der Waals surface area contributed by atoms with Gasteiger partial charge in [-0.15, -0.1) is 0 Å². The Labute approximate surface area is 204 Å². The van der Waals surface area contributed by atoms with Crippen LogP contribution in [0.15, 0.2) is 54.9 Å². The van der Waals surface area contributed by atoms with Gasteiger partial charge in [-0.25, -0.2) is 9.97 Å². The molecule has 5 rings (SSSR count). The van der Waals surface area contributed by atoms with E-state index in [1.807, 2.05) is 42.7 Å². The second-order valence-electron chi connectivity index (χ2n) is 8.53. The predicted molar refractivity (Wildman–Crippen MR) is 135 cm³/mol. The van der Waals surface area contributed by atoms with E-state index in [4.69, 9.17) is 24.2 Å². The summed E-state index contributed by atoms with van der Waals surface area (Å²) in [6, 6.07) is 13.8. The Morgan fingerprint density at radius 3 is 2.71 bits per heavy atom. The van der Waals surface area contributed by atoms with Crippen LogP contribution in [0.2, 0.25) is 0 Å². The number of ether oxygens (including phenoxy) is 3. The number of nitrogens with one attached hydrogen (secondary N) is 1.